The number of benzene rings is 4. The van der Waals surface area contributed by atoms with Crippen LogP contribution in [0.1, 0.15) is 75.9 Å². The van der Waals surface area contributed by atoms with E-state index < -0.39 is 0 Å². The number of hydrogen-bond donors (Lipinski definition) is 2. The lowest BCUT2D eigenvalue weighted by Gasteiger charge is -2.32. The molecule has 2 N–H and O–H groups in total. The van der Waals surface area contributed by atoms with Gasteiger partial charge in [-0.1, -0.05) is 139 Å². The molecular formula is C38H48N2O2. The summed E-state index contributed by atoms with van der Waals surface area (Å²) >= 11 is 0. The molecule has 222 valence electrons. The maximum Gasteiger partial charge on any atom is 0.123 e. The summed E-state index contributed by atoms with van der Waals surface area (Å²) < 4.78 is 12.5. The Labute approximate surface area is 253 Å². The molecule has 0 bridgehead atoms. The van der Waals surface area contributed by atoms with Gasteiger partial charge in [0.1, 0.15) is 24.7 Å². The summed E-state index contributed by atoms with van der Waals surface area (Å²) in [5, 5.41) is 7.57. The van der Waals surface area contributed by atoms with Crippen LogP contribution in [-0.4, -0.2) is 13.2 Å². The predicted octanol–water partition coefficient (Wildman–Crippen LogP) is 8.90. The SMILES string of the molecule is CC(C)(C)[C@H](NCc1ccccc1OCCOc1ccccc1CN[C@H](c1ccccc1)C(C)(C)C)c1ccccc1. The summed E-state index contributed by atoms with van der Waals surface area (Å²) in [5.74, 6) is 1.78. The second kappa shape index (κ2) is 14.5. The van der Waals surface area contributed by atoms with E-state index in [1.165, 1.54) is 11.1 Å². The van der Waals surface area contributed by atoms with Crippen LogP contribution in [0.25, 0.3) is 0 Å². The van der Waals surface area contributed by atoms with Crippen molar-refractivity contribution >= 4 is 0 Å². The minimum absolute atomic E-state index is 0.0707. The highest BCUT2D eigenvalue weighted by Crippen LogP contribution is 2.34. The average molecular weight is 565 g/mol. The fourth-order valence-electron chi connectivity index (χ4n) is 5.45. The molecule has 0 unspecified atom stereocenters. The first kappa shape index (κ1) is 31.3. The molecule has 42 heavy (non-hydrogen) atoms. The first-order chi connectivity index (χ1) is 20.1. The normalized spacial score (nSPS) is 13.4. The van der Waals surface area contributed by atoms with Gasteiger partial charge in [-0.25, -0.2) is 0 Å². The molecule has 0 spiro atoms. The van der Waals surface area contributed by atoms with Crippen LogP contribution < -0.4 is 20.1 Å². The lowest BCUT2D eigenvalue weighted by atomic mass is 9.82. The van der Waals surface area contributed by atoms with Crippen LogP contribution in [0.5, 0.6) is 11.5 Å². The van der Waals surface area contributed by atoms with Gasteiger partial charge < -0.3 is 20.1 Å². The number of hydrogen-bond acceptors (Lipinski definition) is 4. The third kappa shape index (κ3) is 8.95. The standard InChI is InChI=1S/C38H48N2O2/c1-37(2,3)35(29-17-9-7-10-18-29)39-27-31-21-13-15-23-33(31)41-25-26-42-34-24-16-14-22-32(34)28-40-36(38(4,5)6)30-19-11-8-12-20-30/h7-24,35-36,39-40H,25-28H2,1-6H3/t35-,36-/m1/s1. The largest absolute Gasteiger partial charge is 0.490 e. The summed E-state index contributed by atoms with van der Waals surface area (Å²) in [5.41, 5.74) is 5.01. The van der Waals surface area contributed by atoms with Crippen LogP contribution >= 0.6 is 0 Å². The average Bonchev–Trinajstić information content (AvgIpc) is 2.96. The van der Waals surface area contributed by atoms with E-state index in [4.69, 9.17) is 9.47 Å². The van der Waals surface area contributed by atoms with Crippen LogP contribution in [0.4, 0.5) is 0 Å². The molecule has 0 radical (unpaired) electrons. The molecule has 4 rings (SSSR count). The van der Waals surface area contributed by atoms with Crippen molar-refractivity contribution < 1.29 is 9.47 Å². The van der Waals surface area contributed by atoms with Crippen LogP contribution in [0.15, 0.2) is 109 Å². The van der Waals surface area contributed by atoms with Gasteiger partial charge >= 0.3 is 0 Å². The first-order valence-electron chi connectivity index (χ1n) is 15.1. The van der Waals surface area contributed by atoms with E-state index >= 15 is 0 Å². The van der Waals surface area contributed by atoms with Gasteiger partial charge in [0.2, 0.25) is 0 Å². The van der Waals surface area contributed by atoms with E-state index in [2.05, 4.69) is 137 Å². The number of para-hydroxylation sites is 2. The lowest BCUT2D eigenvalue weighted by molar-refractivity contribution is 0.212. The minimum atomic E-state index is 0.0707. The molecule has 0 saturated carbocycles. The van der Waals surface area contributed by atoms with E-state index in [-0.39, 0.29) is 22.9 Å². The van der Waals surface area contributed by atoms with Gasteiger partial charge in [-0.15, -0.1) is 0 Å². The summed E-state index contributed by atoms with van der Waals surface area (Å²) in [4.78, 5) is 0. The molecule has 4 heteroatoms. The van der Waals surface area contributed by atoms with Crippen molar-refractivity contribution in [3.05, 3.63) is 131 Å². The zero-order valence-electron chi connectivity index (χ0n) is 26.2. The molecule has 0 heterocycles. The number of ether oxygens (including phenoxy) is 2. The molecule has 4 nitrogen and oxygen atoms in total. The van der Waals surface area contributed by atoms with E-state index in [1.54, 1.807) is 0 Å². The smallest absolute Gasteiger partial charge is 0.123 e. The monoisotopic (exact) mass is 564 g/mol. The Morgan fingerprint density at radius 3 is 1.17 bits per heavy atom. The van der Waals surface area contributed by atoms with Crippen LogP contribution in [0.3, 0.4) is 0 Å². The Bertz CT molecular complexity index is 1250. The third-order valence-corrected chi connectivity index (χ3v) is 7.53. The first-order valence-corrected chi connectivity index (χ1v) is 15.1. The Kier molecular flexibility index (Phi) is 10.8. The molecule has 4 aromatic carbocycles. The van der Waals surface area contributed by atoms with E-state index in [1.807, 2.05) is 24.3 Å². The Morgan fingerprint density at radius 1 is 0.476 bits per heavy atom. The third-order valence-electron chi connectivity index (χ3n) is 7.53. The Morgan fingerprint density at radius 2 is 0.810 bits per heavy atom. The van der Waals surface area contributed by atoms with Crippen molar-refractivity contribution in [3.63, 3.8) is 0 Å². The Hall–Kier alpha value is -3.60. The zero-order valence-corrected chi connectivity index (χ0v) is 26.2. The highest BCUT2D eigenvalue weighted by atomic mass is 16.5. The minimum Gasteiger partial charge on any atom is -0.490 e. The van der Waals surface area contributed by atoms with E-state index in [9.17, 15) is 0 Å². The van der Waals surface area contributed by atoms with Crippen molar-refractivity contribution in [2.24, 2.45) is 10.8 Å². The van der Waals surface area contributed by atoms with Crippen molar-refractivity contribution in [2.45, 2.75) is 66.7 Å². The molecule has 0 fully saturated rings. The van der Waals surface area contributed by atoms with Gasteiger partial charge in [-0.3, -0.25) is 0 Å². The Balaban J connectivity index is 1.34. The van der Waals surface area contributed by atoms with Gasteiger partial charge in [-0.05, 0) is 34.1 Å². The fraction of sp³-hybridized carbons (Fsp3) is 0.368. The summed E-state index contributed by atoms with van der Waals surface area (Å²) in [7, 11) is 0. The highest BCUT2D eigenvalue weighted by Gasteiger charge is 2.27. The maximum absolute atomic E-state index is 6.24. The van der Waals surface area contributed by atoms with Crippen LogP contribution in [0.2, 0.25) is 0 Å². The lowest BCUT2D eigenvalue weighted by Crippen LogP contribution is -2.32. The van der Waals surface area contributed by atoms with Crippen LogP contribution in [-0.2, 0) is 13.1 Å². The van der Waals surface area contributed by atoms with E-state index in [0.717, 1.165) is 35.7 Å². The van der Waals surface area contributed by atoms with Gasteiger partial charge in [0.25, 0.3) is 0 Å². The summed E-state index contributed by atoms with van der Waals surface area (Å²) in [6, 6.07) is 38.3. The predicted molar refractivity (Wildman–Crippen MR) is 175 cm³/mol. The molecule has 0 saturated heterocycles. The van der Waals surface area contributed by atoms with Gasteiger partial charge in [0.05, 0.1) is 0 Å². The van der Waals surface area contributed by atoms with E-state index in [0.29, 0.717) is 13.2 Å². The zero-order chi connectivity index (χ0) is 30.0. The molecule has 0 amide bonds. The quantitative estimate of drug-likeness (QED) is 0.159. The molecule has 0 aromatic heterocycles. The number of rotatable bonds is 13. The molecule has 0 aliphatic rings. The second-order valence-corrected chi connectivity index (χ2v) is 13.1. The molecular weight excluding hydrogens is 516 g/mol. The maximum atomic E-state index is 6.24. The van der Waals surface area contributed by atoms with Crippen LogP contribution in [0, 0.1) is 10.8 Å². The molecule has 2 atom stereocenters. The second-order valence-electron chi connectivity index (χ2n) is 13.1. The summed E-state index contributed by atoms with van der Waals surface area (Å²) in [6.45, 7) is 16.0. The number of nitrogens with one attached hydrogen (secondary N) is 2. The van der Waals surface area contributed by atoms with Crippen molar-refractivity contribution in [1.29, 1.82) is 0 Å². The highest BCUT2D eigenvalue weighted by molar-refractivity contribution is 5.35. The van der Waals surface area contributed by atoms with Gasteiger partial charge in [-0.2, -0.15) is 0 Å². The fourth-order valence-corrected chi connectivity index (χ4v) is 5.45. The topological polar surface area (TPSA) is 42.5 Å². The molecule has 0 aliphatic heterocycles. The van der Waals surface area contributed by atoms with Gasteiger partial charge in [0.15, 0.2) is 0 Å². The van der Waals surface area contributed by atoms with Crippen molar-refractivity contribution in [2.75, 3.05) is 13.2 Å². The van der Waals surface area contributed by atoms with Gasteiger partial charge in [0, 0.05) is 36.3 Å². The summed E-state index contributed by atoms with van der Waals surface area (Å²) in [6.07, 6.45) is 0. The molecule has 4 aromatic rings. The van der Waals surface area contributed by atoms with Crippen molar-refractivity contribution in [1.82, 2.24) is 10.6 Å². The molecule has 0 aliphatic carbocycles. The van der Waals surface area contributed by atoms with Crippen molar-refractivity contribution in [3.8, 4) is 11.5 Å².